The molecule has 0 atom stereocenters. The quantitative estimate of drug-likeness (QED) is 0.918. The number of para-hydroxylation sites is 2. The molecule has 0 radical (unpaired) electrons. The normalized spacial score (nSPS) is 16.2. The number of hydrogen-bond donors (Lipinski definition) is 1. The van der Waals surface area contributed by atoms with E-state index < -0.39 is 0 Å². The molecule has 3 rings (SSSR count). The number of hydrogen-bond acceptors (Lipinski definition) is 5. The molecule has 6 heteroatoms. The summed E-state index contributed by atoms with van der Waals surface area (Å²) < 4.78 is 7.61. The van der Waals surface area contributed by atoms with E-state index in [0.29, 0.717) is 12.6 Å². The highest BCUT2D eigenvalue weighted by Gasteiger charge is 2.19. The summed E-state index contributed by atoms with van der Waals surface area (Å²) >= 11 is 0. The first-order valence-corrected chi connectivity index (χ1v) is 7.30. The van der Waals surface area contributed by atoms with E-state index in [2.05, 4.69) is 21.3 Å². The zero-order chi connectivity index (χ0) is 14.7. The summed E-state index contributed by atoms with van der Waals surface area (Å²) in [4.78, 5) is 2.34. The first-order valence-electron chi connectivity index (χ1n) is 7.30. The number of nitrogens with zero attached hydrogens (tertiary/aromatic N) is 4. The van der Waals surface area contributed by atoms with Gasteiger partial charge in [-0.05, 0) is 25.0 Å². The lowest BCUT2D eigenvalue weighted by atomic mass is 10.1. The zero-order valence-corrected chi connectivity index (χ0v) is 12.3. The lowest BCUT2D eigenvalue weighted by molar-refractivity contribution is 0.300. The van der Waals surface area contributed by atoms with E-state index in [1.807, 2.05) is 31.4 Å². The molecule has 1 aliphatic heterocycles. The third kappa shape index (κ3) is 3.33. The molecule has 0 bridgehead atoms. The highest BCUT2D eigenvalue weighted by molar-refractivity contribution is 5.58. The van der Waals surface area contributed by atoms with Crippen LogP contribution in [0.4, 0.5) is 5.69 Å². The molecule has 21 heavy (non-hydrogen) atoms. The molecule has 112 valence electrons. The fraction of sp³-hybridized carbons (Fsp3) is 0.467. The first-order chi connectivity index (χ1) is 10.2. The number of piperidine rings is 1. The third-order valence-corrected chi connectivity index (χ3v) is 3.77. The van der Waals surface area contributed by atoms with E-state index in [9.17, 15) is 0 Å². The summed E-state index contributed by atoms with van der Waals surface area (Å²) in [5, 5.41) is 7.95. The number of rotatable bonds is 4. The van der Waals surface area contributed by atoms with Gasteiger partial charge < -0.3 is 15.4 Å². The van der Waals surface area contributed by atoms with Crippen molar-refractivity contribution in [3.8, 4) is 5.75 Å². The lowest BCUT2D eigenvalue weighted by Gasteiger charge is -2.33. The summed E-state index contributed by atoms with van der Waals surface area (Å²) in [5.41, 5.74) is 7.93. The Morgan fingerprint density at radius 2 is 2.05 bits per heavy atom. The Morgan fingerprint density at radius 3 is 2.76 bits per heavy atom. The molecule has 0 amide bonds. The fourth-order valence-electron chi connectivity index (χ4n) is 2.59. The van der Waals surface area contributed by atoms with Crippen LogP contribution in [-0.4, -0.2) is 34.1 Å². The number of aromatic nitrogens is 3. The lowest BCUT2D eigenvalue weighted by Crippen LogP contribution is -2.39. The second-order valence-electron chi connectivity index (χ2n) is 5.46. The molecule has 6 nitrogen and oxygen atoms in total. The van der Waals surface area contributed by atoms with Crippen molar-refractivity contribution in [3.05, 3.63) is 36.2 Å². The molecule has 2 heterocycles. The van der Waals surface area contributed by atoms with Crippen LogP contribution in [0.15, 0.2) is 30.5 Å². The minimum absolute atomic E-state index is 0.328. The monoisotopic (exact) mass is 287 g/mol. The molecule has 0 aliphatic carbocycles. The van der Waals surface area contributed by atoms with Crippen LogP contribution in [-0.2, 0) is 13.7 Å². The SMILES string of the molecule is Cn1cc(COc2ccccc2N2CCC(N)CC2)nn1. The van der Waals surface area contributed by atoms with E-state index >= 15 is 0 Å². The van der Waals surface area contributed by atoms with Gasteiger partial charge in [0, 0.05) is 26.2 Å². The molecule has 2 N–H and O–H groups in total. The predicted molar refractivity (Wildman–Crippen MR) is 81.2 cm³/mol. The Kier molecular flexibility index (Phi) is 4.06. The predicted octanol–water partition coefficient (Wildman–Crippen LogP) is 1.32. The van der Waals surface area contributed by atoms with E-state index in [1.165, 1.54) is 0 Å². The van der Waals surface area contributed by atoms with Crippen molar-refractivity contribution < 1.29 is 4.74 Å². The van der Waals surface area contributed by atoms with E-state index in [0.717, 1.165) is 43.1 Å². The molecule has 1 aromatic heterocycles. The zero-order valence-electron chi connectivity index (χ0n) is 12.3. The maximum atomic E-state index is 5.97. The number of anilines is 1. The second-order valence-corrected chi connectivity index (χ2v) is 5.46. The van der Waals surface area contributed by atoms with Crippen LogP contribution < -0.4 is 15.4 Å². The molecular formula is C15H21N5O. The Morgan fingerprint density at radius 1 is 1.29 bits per heavy atom. The van der Waals surface area contributed by atoms with Gasteiger partial charge in [0.15, 0.2) is 0 Å². The maximum Gasteiger partial charge on any atom is 0.143 e. The van der Waals surface area contributed by atoms with Crippen LogP contribution in [0.5, 0.6) is 5.75 Å². The summed E-state index contributed by atoms with van der Waals surface area (Å²) in [6.07, 6.45) is 3.92. The van der Waals surface area contributed by atoms with Gasteiger partial charge in [-0.15, -0.1) is 5.10 Å². The van der Waals surface area contributed by atoms with Crippen LogP contribution in [0.1, 0.15) is 18.5 Å². The van der Waals surface area contributed by atoms with Gasteiger partial charge in [-0.1, -0.05) is 17.3 Å². The Bertz CT molecular complexity index is 589. The van der Waals surface area contributed by atoms with Crippen molar-refractivity contribution in [3.63, 3.8) is 0 Å². The molecule has 0 spiro atoms. The van der Waals surface area contributed by atoms with Gasteiger partial charge in [-0.25, -0.2) is 0 Å². The van der Waals surface area contributed by atoms with Gasteiger partial charge in [0.2, 0.25) is 0 Å². The highest BCUT2D eigenvalue weighted by atomic mass is 16.5. The highest BCUT2D eigenvalue weighted by Crippen LogP contribution is 2.30. The van der Waals surface area contributed by atoms with E-state index in [4.69, 9.17) is 10.5 Å². The van der Waals surface area contributed by atoms with Gasteiger partial charge >= 0.3 is 0 Å². The van der Waals surface area contributed by atoms with Gasteiger partial charge in [-0.3, -0.25) is 4.68 Å². The fourth-order valence-corrected chi connectivity index (χ4v) is 2.59. The minimum Gasteiger partial charge on any atom is -0.485 e. The Labute approximate surface area is 124 Å². The van der Waals surface area contributed by atoms with Gasteiger partial charge in [-0.2, -0.15) is 0 Å². The van der Waals surface area contributed by atoms with Gasteiger partial charge in [0.1, 0.15) is 18.1 Å². The van der Waals surface area contributed by atoms with Crippen molar-refractivity contribution in [1.29, 1.82) is 0 Å². The van der Waals surface area contributed by atoms with Crippen molar-refractivity contribution in [2.45, 2.75) is 25.5 Å². The smallest absolute Gasteiger partial charge is 0.143 e. The number of ether oxygens (including phenoxy) is 1. The molecule has 1 aliphatic rings. The second kappa shape index (κ2) is 6.13. The average Bonchev–Trinajstić information content (AvgIpc) is 2.92. The van der Waals surface area contributed by atoms with Crippen molar-refractivity contribution >= 4 is 5.69 Å². The maximum absolute atomic E-state index is 5.97. The number of nitrogens with two attached hydrogens (primary N) is 1. The van der Waals surface area contributed by atoms with Crippen LogP contribution in [0.2, 0.25) is 0 Å². The van der Waals surface area contributed by atoms with Crippen LogP contribution in [0.25, 0.3) is 0 Å². The first kappa shape index (κ1) is 13.9. The molecule has 1 aromatic carbocycles. The summed E-state index contributed by atoms with van der Waals surface area (Å²) in [6, 6.07) is 8.46. The minimum atomic E-state index is 0.328. The van der Waals surface area contributed by atoms with Crippen molar-refractivity contribution in [2.24, 2.45) is 12.8 Å². The molecular weight excluding hydrogens is 266 g/mol. The molecule has 1 saturated heterocycles. The Hall–Kier alpha value is -2.08. The standard InChI is InChI=1S/C15H21N5O/c1-19-10-13(17-18-19)11-21-15-5-3-2-4-14(15)20-8-6-12(16)7-9-20/h2-5,10,12H,6-9,11,16H2,1H3. The van der Waals surface area contributed by atoms with Crippen LogP contribution >= 0.6 is 0 Å². The van der Waals surface area contributed by atoms with Crippen molar-refractivity contribution in [2.75, 3.05) is 18.0 Å². The molecule has 1 fully saturated rings. The molecule has 0 saturated carbocycles. The largest absolute Gasteiger partial charge is 0.485 e. The van der Waals surface area contributed by atoms with Crippen molar-refractivity contribution in [1.82, 2.24) is 15.0 Å². The third-order valence-electron chi connectivity index (χ3n) is 3.77. The van der Waals surface area contributed by atoms with Crippen LogP contribution in [0, 0.1) is 0 Å². The average molecular weight is 287 g/mol. The number of benzene rings is 1. The summed E-state index contributed by atoms with van der Waals surface area (Å²) in [5.74, 6) is 0.888. The van der Waals surface area contributed by atoms with Gasteiger partial charge in [0.05, 0.1) is 11.9 Å². The molecule has 0 unspecified atom stereocenters. The van der Waals surface area contributed by atoms with Gasteiger partial charge in [0.25, 0.3) is 0 Å². The van der Waals surface area contributed by atoms with E-state index in [-0.39, 0.29) is 0 Å². The summed E-state index contributed by atoms with van der Waals surface area (Å²) in [7, 11) is 1.85. The van der Waals surface area contributed by atoms with E-state index in [1.54, 1.807) is 4.68 Å². The topological polar surface area (TPSA) is 69.2 Å². The van der Waals surface area contributed by atoms with Crippen LogP contribution in [0.3, 0.4) is 0 Å². The molecule has 2 aromatic rings. The Balaban J connectivity index is 1.70. The summed E-state index contributed by atoms with van der Waals surface area (Å²) in [6.45, 7) is 2.39. The number of aryl methyl sites for hydroxylation is 1.